The van der Waals surface area contributed by atoms with Gasteiger partial charge in [0.05, 0.1) is 15.9 Å². The van der Waals surface area contributed by atoms with Crippen LogP contribution in [0, 0.1) is 0 Å². The van der Waals surface area contributed by atoms with Crippen molar-refractivity contribution < 1.29 is 9.53 Å². The summed E-state index contributed by atoms with van der Waals surface area (Å²) in [6.07, 6.45) is 13.8. The molecule has 9 heteroatoms. The van der Waals surface area contributed by atoms with Crippen molar-refractivity contribution in [2.24, 2.45) is 4.99 Å². The molecule has 1 aliphatic carbocycles. The number of esters is 1. The summed E-state index contributed by atoms with van der Waals surface area (Å²) in [4.78, 5) is 35.9. The maximum atomic E-state index is 12.3. The predicted octanol–water partition coefficient (Wildman–Crippen LogP) is 6.13. The molecule has 0 N–H and O–H groups in total. The van der Waals surface area contributed by atoms with Crippen LogP contribution >= 0.6 is 11.6 Å². The van der Waals surface area contributed by atoms with Gasteiger partial charge in [-0.25, -0.2) is 15.0 Å². The number of hydrogen-bond donors (Lipinski definition) is 0. The molecule has 0 spiro atoms. The number of anilines is 1. The van der Waals surface area contributed by atoms with Crippen LogP contribution in [0.15, 0.2) is 40.5 Å². The van der Waals surface area contributed by atoms with Crippen LogP contribution in [-0.2, 0) is 16.0 Å². The maximum absolute atomic E-state index is 12.3. The first-order valence-corrected chi connectivity index (χ1v) is 16.7. The van der Waals surface area contributed by atoms with E-state index in [2.05, 4.69) is 64.6 Å². The number of pyridine rings is 1. The Kier molecular flexibility index (Phi) is 12.1. The standard InChI is InChI=1S/C36H49ClN6O2/c1-8-20-42(21-12-16-31(44)45-36(4,5)6)28-23-43(24-28)35-32(33(37)25(3)9-2)34(38-7)40-30(41-35)18-17-26-13-10-14-27-15-11-19-39-29(27)22-26/h11,13-15,19,22,28H,7-10,12,16-18,20-21,23-24H2,1-6H3. The van der Waals surface area contributed by atoms with Crippen LogP contribution in [-0.4, -0.2) is 70.4 Å². The Morgan fingerprint density at radius 2 is 1.96 bits per heavy atom. The molecule has 0 atom stereocenters. The Labute approximate surface area is 273 Å². The first-order chi connectivity index (χ1) is 21.5. The highest BCUT2D eigenvalue weighted by atomic mass is 35.5. The summed E-state index contributed by atoms with van der Waals surface area (Å²) in [6, 6.07) is 4.44. The Hall–Kier alpha value is -3.36. The Bertz CT molecular complexity index is 1550. The monoisotopic (exact) mass is 632 g/mol. The summed E-state index contributed by atoms with van der Waals surface area (Å²) in [7, 11) is 0. The van der Waals surface area contributed by atoms with E-state index in [9.17, 15) is 4.79 Å². The number of ether oxygens (including phenoxy) is 1. The van der Waals surface area contributed by atoms with Gasteiger partial charge in [0, 0.05) is 38.2 Å². The molecule has 1 aliphatic heterocycles. The number of allylic oxidation sites excluding steroid dienone is 3. The number of hydrogen-bond acceptors (Lipinski definition) is 8. The number of halogens is 1. The molecule has 4 rings (SSSR count). The van der Waals surface area contributed by atoms with Crippen LogP contribution in [0.3, 0.4) is 0 Å². The van der Waals surface area contributed by atoms with Gasteiger partial charge in [-0.3, -0.25) is 14.7 Å². The molecular formula is C36H49ClN6O2. The van der Waals surface area contributed by atoms with Gasteiger partial charge in [-0.1, -0.05) is 49.2 Å². The summed E-state index contributed by atoms with van der Waals surface area (Å²) >= 11 is 6.99. The Morgan fingerprint density at radius 1 is 1.18 bits per heavy atom. The van der Waals surface area contributed by atoms with Crippen molar-refractivity contribution in [3.63, 3.8) is 0 Å². The fourth-order valence-electron chi connectivity index (χ4n) is 5.67. The van der Waals surface area contributed by atoms with E-state index < -0.39 is 5.60 Å². The minimum Gasteiger partial charge on any atom is -0.460 e. The molecule has 0 saturated carbocycles. The van der Waals surface area contributed by atoms with E-state index in [1.54, 1.807) is 0 Å². The Balaban J connectivity index is 1.53. The second-order valence-electron chi connectivity index (χ2n) is 12.9. The predicted molar refractivity (Wildman–Crippen MR) is 186 cm³/mol. The second-order valence-corrected chi connectivity index (χ2v) is 13.3. The van der Waals surface area contributed by atoms with Gasteiger partial charge >= 0.3 is 5.97 Å². The van der Waals surface area contributed by atoms with Gasteiger partial charge in [0.1, 0.15) is 17.2 Å². The number of aryl methyl sites for hydroxylation is 1. The van der Waals surface area contributed by atoms with Crippen molar-refractivity contribution in [2.45, 2.75) is 98.1 Å². The molecule has 2 aliphatic rings. The maximum Gasteiger partial charge on any atom is 0.306 e. The van der Waals surface area contributed by atoms with E-state index in [0.29, 0.717) is 29.7 Å². The minimum absolute atomic E-state index is 0.139. The summed E-state index contributed by atoms with van der Waals surface area (Å²) in [6.45, 7) is 19.4. The van der Waals surface area contributed by atoms with E-state index in [1.165, 1.54) is 5.57 Å². The van der Waals surface area contributed by atoms with Gasteiger partial charge < -0.3 is 9.64 Å². The van der Waals surface area contributed by atoms with E-state index >= 15 is 0 Å². The largest absolute Gasteiger partial charge is 0.460 e. The zero-order valence-electron chi connectivity index (χ0n) is 27.9. The van der Waals surface area contributed by atoms with Gasteiger partial charge in [0.2, 0.25) is 0 Å². The van der Waals surface area contributed by atoms with E-state index in [4.69, 9.17) is 26.3 Å². The van der Waals surface area contributed by atoms with Gasteiger partial charge in [0.25, 0.3) is 0 Å². The zero-order valence-corrected chi connectivity index (χ0v) is 28.7. The molecule has 0 amide bonds. The number of aliphatic imine (C=N–C) groups is 1. The highest BCUT2D eigenvalue weighted by Crippen LogP contribution is 2.39. The molecule has 45 heavy (non-hydrogen) atoms. The van der Waals surface area contributed by atoms with Gasteiger partial charge in [-0.05, 0) is 103 Å². The van der Waals surface area contributed by atoms with Crippen molar-refractivity contribution >= 4 is 53.1 Å². The zero-order chi connectivity index (χ0) is 32.6. The molecule has 1 saturated heterocycles. The van der Waals surface area contributed by atoms with E-state index in [1.807, 2.05) is 40.0 Å². The normalized spacial score (nSPS) is 15.6. The topological polar surface area (TPSA) is 83.8 Å². The number of rotatable bonds is 14. The fourth-order valence-corrected chi connectivity index (χ4v) is 5.97. The molecule has 3 heterocycles. The van der Waals surface area contributed by atoms with Gasteiger partial charge in [0.15, 0.2) is 5.82 Å². The first kappa shape index (κ1) is 34.5. The van der Waals surface area contributed by atoms with Crippen molar-refractivity contribution in [3.8, 4) is 0 Å². The lowest BCUT2D eigenvalue weighted by molar-refractivity contribution is -0.155. The van der Waals surface area contributed by atoms with Crippen molar-refractivity contribution in [1.29, 1.82) is 0 Å². The molecule has 0 radical (unpaired) electrons. The molecule has 0 aromatic carbocycles. The number of carbonyl (C=O) groups is 1. The summed E-state index contributed by atoms with van der Waals surface area (Å²) in [5.41, 5.74) is 2.58. The van der Waals surface area contributed by atoms with Crippen LogP contribution < -0.4 is 15.5 Å². The molecule has 0 bridgehead atoms. The van der Waals surface area contributed by atoms with E-state index in [-0.39, 0.29) is 5.97 Å². The van der Waals surface area contributed by atoms with Gasteiger partial charge in [-0.2, -0.15) is 0 Å². The van der Waals surface area contributed by atoms with Crippen molar-refractivity contribution in [2.75, 3.05) is 31.1 Å². The smallest absolute Gasteiger partial charge is 0.306 e. The molecule has 1 fully saturated rings. The van der Waals surface area contributed by atoms with Crippen molar-refractivity contribution in [1.82, 2.24) is 19.9 Å². The minimum atomic E-state index is -0.458. The quantitative estimate of drug-likeness (QED) is 0.183. The molecule has 8 nitrogen and oxygen atoms in total. The first-order valence-electron chi connectivity index (χ1n) is 16.3. The van der Waals surface area contributed by atoms with Crippen LogP contribution in [0.5, 0.6) is 0 Å². The molecular weight excluding hydrogens is 584 g/mol. The van der Waals surface area contributed by atoms with Gasteiger partial charge in [-0.15, -0.1) is 0 Å². The highest BCUT2D eigenvalue weighted by Gasteiger charge is 2.35. The second kappa shape index (κ2) is 15.8. The molecule has 2 aromatic rings. The number of fused-ring (bicyclic) bond motifs is 1. The van der Waals surface area contributed by atoms with Crippen LogP contribution in [0.1, 0.15) is 91.5 Å². The molecule has 242 valence electrons. The summed E-state index contributed by atoms with van der Waals surface area (Å²) in [5, 5.41) is 2.80. The number of aromatic nitrogens is 3. The number of nitrogens with zero attached hydrogens (tertiary/aromatic N) is 6. The third kappa shape index (κ3) is 9.33. The lowest BCUT2D eigenvalue weighted by Crippen LogP contribution is -2.60. The van der Waals surface area contributed by atoms with Crippen LogP contribution in [0.25, 0.3) is 17.2 Å². The summed E-state index contributed by atoms with van der Waals surface area (Å²) < 4.78 is 5.51. The van der Waals surface area contributed by atoms with E-state index in [0.717, 1.165) is 91.6 Å². The highest BCUT2D eigenvalue weighted by molar-refractivity contribution is 6.50. The Morgan fingerprint density at radius 3 is 2.64 bits per heavy atom. The lowest BCUT2D eigenvalue weighted by Gasteiger charge is -2.46. The third-order valence-corrected chi connectivity index (χ3v) is 8.69. The van der Waals surface area contributed by atoms with Crippen LogP contribution in [0.2, 0.25) is 0 Å². The third-order valence-electron chi connectivity index (χ3n) is 8.18. The molecule has 0 unspecified atom stereocenters. The average Bonchev–Trinajstić information content (AvgIpc) is 3.19. The number of carbonyl (C=O) groups excluding carboxylic acids is 1. The van der Waals surface area contributed by atoms with Crippen LogP contribution in [0.4, 0.5) is 11.6 Å². The lowest BCUT2D eigenvalue weighted by atomic mass is 10.0. The SMILES string of the molecule is C=Nc1nc(CCC2=CCC=c3cccnc3=C2)nc(N2CC(N(CCC)CCCC(=O)OC(C)(C)C)C2)c1C(Cl)=C(C)CC. The summed E-state index contributed by atoms with van der Waals surface area (Å²) in [5.74, 6) is 1.93. The molecule has 2 aromatic heterocycles. The van der Waals surface area contributed by atoms with Crippen molar-refractivity contribution in [3.05, 3.63) is 57.5 Å². The average molecular weight is 633 g/mol. The fraction of sp³-hybridized carbons (Fsp3) is 0.528.